The molecule has 0 N–H and O–H groups in total. The van der Waals surface area contributed by atoms with E-state index in [2.05, 4.69) is 23.0 Å². The number of hydrogen-bond acceptors (Lipinski definition) is 3. The first-order chi connectivity index (χ1) is 5.31. The lowest BCUT2D eigenvalue weighted by Gasteiger charge is -1.94. The molecular formula is C8H13N3. The molecule has 0 aromatic rings. The zero-order valence-electron chi connectivity index (χ0n) is 6.88. The van der Waals surface area contributed by atoms with Gasteiger partial charge in [-0.1, -0.05) is 0 Å². The summed E-state index contributed by atoms with van der Waals surface area (Å²) in [5, 5.41) is 15.4. The highest BCUT2D eigenvalue weighted by atomic mass is 15.2. The highest BCUT2D eigenvalue weighted by Crippen LogP contribution is 2.00. The minimum atomic E-state index is 0.634. The van der Waals surface area contributed by atoms with Gasteiger partial charge in [0.1, 0.15) is 0 Å². The zero-order valence-corrected chi connectivity index (χ0v) is 6.88. The van der Waals surface area contributed by atoms with Crippen molar-refractivity contribution in [3.63, 3.8) is 0 Å². The molecule has 0 bridgehead atoms. The summed E-state index contributed by atoms with van der Waals surface area (Å²) in [4.78, 5) is 0. The first-order valence-electron chi connectivity index (χ1n) is 3.67. The first-order valence-corrected chi connectivity index (χ1v) is 3.67. The molecule has 0 heterocycles. The fourth-order valence-corrected chi connectivity index (χ4v) is 0.756. The Morgan fingerprint density at radius 1 is 1.55 bits per heavy atom. The maximum Gasteiger partial charge on any atom is 0.0621 e. The summed E-state index contributed by atoms with van der Waals surface area (Å²) in [6, 6.07) is 2.10. The summed E-state index contributed by atoms with van der Waals surface area (Å²) in [5.41, 5.74) is 0.984. The van der Waals surface area contributed by atoms with Gasteiger partial charge in [0.15, 0.2) is 0 Å². The van der Waals surface area contributed by atoms with E-state index in [1.807, 2.05) is 6.92 Å². The normalized spacial score (nSPS) is 10.7. The number of rotatable bonds is 5. The van der Waals surface area contributed by atoms with Crippen LogP contribution >= 0.6 is 0 Å². The van der Waals surface area contributed by atoms with Gasteiger partial charge in [-0.2, -0.15) is 15.5 Å². The standard InChI is InChI=1S/C8H13N3/c1-8(11-10-2)6-4-3-5-7-9/h2-6H2,1H3/b11-8-. The Bertz CT molecular complexity index is 176. The molecule has 3 heteroatoms. The lowest BCUT2D eigenvalue weighted by atomic mass is 10.1. The van der Waals surface area contributed by atoms with Crippen LogP contribution in [0.3, 0.4) is 0 Å². The van der Waals surface area contributed by atoms with Gasteiger partial charge in [0.25, 0.3) is 0 Å². The van der Waals surface area contributed by atoms with E-state index in [9.17, 15) is 0 Å². The van der Waals surface area contributed by atoms with Crippen molar-refractivity contribution in [2.75, 3.05) is 0 Å². The number of hydrogen-bond donors (Lipinski definition) is 0. The first kappa shape index (κ1) is 9.83. The number of nitrogens with zero attached hydrogens (tertiary/aromatic N) is 3. The minimum absolute atomic E-state index is 0.634. The van der Waals surface area contributed by atoms with Gasteiger partial charge in [-0.3, -0.25) is 0 Å². The molecule has 11 heavy (non-hydrogen) atoms. The number of nitriles is 1. The lowest BCUT2D eigenvalue weighted by molar-refractivity contribution is 0.780. The largest absolute Gasteiger partial charge is 0.198 e. The van der Waals surface area contributed by atoms with Gasteiger partial charge in [-0.25, -0.2) is 0 Å². The Morgan fingerprint density at radius 2 is 2.27 bits per heavy atom. The molecule has 0 unspecified atom stereocenters. The summed E-state index contributed by atoms with van der Waals surface area (Å²) < 4.78 is 0. The fraction of sp³-hybridized carbons (Fsp3) is 0.625. The molecule has 0 saturated carbocycles. The second kappa shape index (κ2) is 6.94. The van der Waals surface area contributed by atoms with Gasteiger partial charge in [0, 0.05) is 18.9 Å². The molecule has 0 fully saturated rings. The smallest absolute Gasteiger partial charge is 0.0621 e. The van der Waals surface area contributed by atoms with Gasteiger partial charge in [0.2, 0.25) is 0 Å². The van der Waals surface area contributed by atoms with Crippen LogP contribution < -0.4 is 0 Å². The van der Waals surface area contributed by atoms with Crippen molar-refractivity contribution in [3.05, 3.63) is 0 Å². The van der Waals surface area contributed by atoms with Crippen molar-refractivity contribution < 1.29 is 0 Å². The lowest BCUT2D eigenvalue weighted by Crippen LogP contribution is -1.89. The van der Waals surface area contributed by atoms with E-state index >= 15 is 0 Å². The van der Waals surface area contributed by atoms with E-state index in [1.165, 1.54) is 0 Å². The number of unbranched alkanes of at least 4 members (excludes halogenated alkanes) is 2. The maximum atomic E-state index is 8.23. The molecule has 0 aromatic heterocycles. The Labute approximate surface area is 67.4 Å². The Balaban J connectivity index is 3.32. The van der Waals surface area contributed by atoms with E-state index in [0.717, 1.165) is 25.0 Å². The molecule has 60 valence electrons. The molecule has 0 atom stereocenters. The Hall–Kier alpha value is -1.17. The quantitative estimate of drug-likeness (QED) is 0.337. The van der Waals surface area contributed by atoms with Crippen LogP contribution in [0.2, 0.25) is 0 Å². The summed E-state index contributed by atoms with van der Waals surface area (Å²) in [6.45, 7) is 5.17. The van der Waals surface area contributed by atoms with Crippen LogP contribution in [-0.4, -0.2) is 12.4 Å². The second-order valence-corrected chi connectivity index (χ2v) is 2.34. The molecule has 0 aliphatic rings. The molecule has 0 aliphatic carbocycles. The molecule has 0 aliphatic heterocycles. The van der Waals surface area contributed by atoms with E-state index in [0.29, 0.717) is 6.42 Å². The predicted molar refractivity (Wildman–Crippen MR) is 46.7 cm³/mol. The van der Waals surface area contributed by atoms with Gasteiger partial charge >= 0.3 is 0 Å². The predicted octanol–water partition coefficient (Wildman–Crippen LogP) is 2.15. The summed E-state index contributed by atoms with van der Waals surface area (Å²) in [5.74, 6) is 0. The van der Waals surface area contributed by atoms with Crippen molar-refractivity contribution in [3.8, 4) is 6.07 Å². The van der Waals surface area contributed by atoms with Crippen LogP contribution in [0.5, 0.6) is 0 Å². The van der Waals surface area contributed by atoms with Crippen LogP contribution in [0.1, 0.15) is 32.6 Å². The minimum Gasteiger partial charge on any atom is -0.198 e. The van der Waals surface area contributed by atoms with Gasteiger partial charge in [0.05, 0.1) is 6.07 Å². The third-order valence-electron chi connectivity index (χ3n) is 1.32. The van der Waals surface area contributed by atoms with Crippen LogP contribution in [0.25, 0.3) is 0 Å². The topological polar surface area (TPSA) is 48.5 Å². The van der Waals surface area contributed by atoms with Crippen molar-refractivity contribution in [2.24, 2.45) is 10.2 Å². The third-order valence-corrected chi connectivity index (χ3v) is 1.32. The van der Waals surface area contributed by atoms with Crippen LogP contribution in [0, 0.1) is 11.3 Å². The molecule has 0 radical (unpaired) electrons. The Morgan fingerprint density at radius 3 is 2.82 bits per heavy atom. The summed E-state index contributed by atoms with van der Waals surface area (Å²) >= 11 is 0. The van der Waals surface area contributed by atoms with E-state index < -0.39 is 0 Å². The highest BCUT2D eigenvalue weighted by molar-refractivity contribution is 5.81. The Kier molecular flexibility index (Phi) is 6.20. The van der Waals surface area contributed by atoms with Gasteiger partial charge < -0.3 is 0 Å². The molecule has 0 rings (SSSR count). The van der Waals surface area contributed by atoms with Crippen molar-refractivity contribution >= 4 is 12.4 Å². The van der Waals surface area contributed by atoms with Crippen LogP contribution in [0.4, 0.5) is 0 Å². The fourth-order valence-electron chi connectivity index (χ4n) is 0.756. The molecular weight excluding hydrogens is 138 g/mol. The molecule has 0 saturated heterocycles. The zero-order chi connectivity index (χ0) is 8.53. The van der Waals surface area contributed by atoms with Gasteiger partial charge in [-0.05, 0) is 26.2 Å². The summed E-state index contributed by atoms with van der Waals surface area (Å²) in [6.07, 6.45) is 3.51. The molecule has 3 nitrogen and oxygen atoms in total. The second-order valence-electron chi connectivity index (χ2n) is 2.34. The van der Waals surface area contributed by atoms with Crippen molar-refractivity contribution in [1.29, 1.82) is 5.26 Å². The average Bonchev–Trinajstić information content (AvgIpc) is 1.99. The van der Waals surface area contributed by atoms with Crippen LogP contribution in [-0.2, 0) is 0 Å². The average molecular weight is 151 g/mol. The van der Waals surface area contributed by atoms with E-state index in [1.54, 1.807) is 0 Å². The highest BCUT2D eigenvalue weighted by Gasteiger charge is 1.91. The molecule has 0 aromatic carbocycles. The van der Waals surface area contributed by atoms with Crippen LogP contribution in [0.15, 0.2) is 10.2 Å². The summed E-state index contributed by atoms with van der Waals surface area (Å²) in [7, 11) is 0. The maximum absolute atomic E-state index is 8.23. The molecule has 0 amide bonds. The van der Waals surface area contributed by atoms with E-state index in [4.69, 9.17) is 5.26 Å². The molecule has 0 spiro atoms. The third kappa shape index (κ3) is 6.72. The van der Waals surface area contributed by atoms with E-state index in [-0.39, 0.29) is 0 Å². The monoisotopic (exact) mass is 151 g/mol. The van der Waals surface area contributed by atoms with Crippen molar-refractivity contribution in [1.82, 2.24) is 0 Å². The SMILES string of the molecule is C=N/N=C(/C)CCCCC#N. The van der Waals surface area contributed by atoms with Gasteiger partial charge in [-0.15, -0.1) is 0 Å². The van der Waals surface area contributed by atoms with Crippen molar-refractivity contribution in [2.45, 2.75) is 32.6 Å².